The Kier molecular flexibility index (Phi) is 7.16. The molecule has 0 radical (unpaired) electrons. The van der Waals surface area contributed by atoms with Crippen LogP contribution in [0.2, 0.25) is 0 Å². The van der Waals surface area contributed by atoms with E-state index in [2.05, 4.69) is 5.32 Å². The molecule has 3 rings (SSSR count). The molecule has 3 aromatic rings. The second-order valence-electron chi connectivity index (χ2n) is 6.48. The molecule has 30 heavy (non-hydrogen) atoms. The lowest BCUT2D eigenvalue weighted by molar-refractivity contribution is 0.102. The summed E-state index contributed by atoms with van der Waals surface area (Å²) >= 11 is 0. The van der Waals surface area contributed by atoms with E-state index in [-0.39, 0.29) is 5.91 Å². The Morgan fingerprint density at radius 1 is 0.800 bits per heavy atom. The van der Waals surface area contributed by atoms with Crippen molar-refractivity contribution in [2.75, 3.05) is 32.8 Å². The maximum absolute atomic E-state index is 12.9. The van der Waals surface area contributed by atoms with E-state index in [0.717, 1.165) is 11.3 Å². The number of methoxy groups -OCH3 is 2. The quantitative estimate of drug-likeness (QED) is 0.520. The summed E-state index contributed by atoms with van der Waals surface area (Å²) in [4.78, 5) is 12.9. The van der Waals surface area contributed by atoms with Crippen LogP contribution in [0.15, 0.2) is 66.7 Å². The predicted molar refractivity (Wildman–Crippen MR) is 116 cm³/mol. The topological polar surface area (TPSA) is 66.0 Å². The van der Waals surface area contributed by atoms with Gasteiger partial charge in [-0.25, -0.2) is 0 Å². The second-order valence-corrected chi connectivity index (χ2v) is 6.48. The molecule has 0 heterocycles. The number of anilines is 1. The number of amides is 1. The van der Waals surface area contributed by atoms with Gasteiger partial charge < -0.3 is 24.3 Å². The van der Waals surface area contributed by atoms with Crippen LogP contribution in [-0.2, 0) is 0 Å². The molecule has 0 aliphatic rings. The highest BCUT2D eigenvalue weighted by atomic mass is 16.5. The largest absolute Gasteiger partial charge is 0.493 e. The maximum Gasteiger partial charge on any atom is 0.259 e. The molecule has 156 valence electrons. The van der Waals surface area contributed by atoms with Crippen LogP contribution in [0.5, 0.6) is 23.0 Å². The molecule has 6 nitrogen and oxygen atoms in total. The van der Waals surface area contributed by atoms with E-state index in [1.807, 2.05) is 49.4 Å². The lowest BCUT2D eigenvalue weighted by Gasteiger charge is -2.15. The van der Waals surface area contributed by atoms with Gasteiger partial charge in [-0.3, -0.25) is 4.79 Å². The van der Waals surface area contributed by atoms with Crippen LogP contribution < -0.4 is 24.3 Å². The molecule has 1 N–H and O–H groups in total. The third kappa shape index (κ3) is 5.23. The number of benzene rings is 3. The Hall–Kier alpha value is -3.67. The number of ether oxygens (including phenoxy) is 4. The van der Waals surface area contributed by atoms with E-state index in [9.17, 15) is 4.79 Å². The molecule has 6 heteroatoms. The number of aryl methyl sites for hydroxylation is 1. The number of hydrogen-bond donors (Lipinski definition) is 1. The van der Waals surface area contributed by atoms with E-state index in [1.165, 1.54) is 0 Å². The van der Waals surface area contributed by atoms with E-state index in [4.69, 9.17) is 18.9 Å². The molecule has 0 saturated carbocycles. The fraction of sp³-hybridized carbons (Fsp3) is 0.208. The van der Waals surface area contributed by atoms with Crippen LogP contribution >= 0.6 is 0 Å². The van der Waals surface area contributed by atoms with Crippen LogP contribution in [0, 0.1) is 6.92 Å². The highest BCUT2D eigenvalue weighted by molar-refractivity contribution is 6.06. The molecular formula is C24H25NO5. The van der Waals surface area contributed by atoms with E-state index >= 15 is 0 Å². The van der Waals surface area contributed by atoms with Crippen molar-refractivity contribution in [2.24, 2.45) is 0 Å². The van der Waals surface area contributed by atoms with Gasteiger partial charge >= 0.3 is 0 Å². The van der Waals surface area contributed by atoms with Crippen LogP contribution in [0.25, 0.3) is 0 Å². The van der Waals surface area contributed by atoms with Gasteiger partial charge in [0.25, 0.3) is 5.91 Å². The van der Waals surface area contributed by atoms with Crippen LogP contribution in [-0.4, -0.2) is 33.3 Å². The molecular weight excluding hydrogens is 382 g/mol. The maximum atomic E-state index is 12.9. The van der Waals surface area contributed by atoms with Crippen molar-refractivity contribution >= 4 is 11.6 Å². The van der Waals surface area contributed by atoms with Crippen molar-refractivity contribution in [3.8, 4) is 23.0 Å². The van der Waals surface area contributed by atoms with Gasteiger partial charge in [0.2, 0.25) is 0 Å². The lowest BCUT2D eigenvalue weighted by atomic mass is 10.1. The normalized spacial score (nSPS) is 10.2. The van der Waals surface area contributed by atoms with E-state index in [0.29, 0.717) is 41.7 Å². The first kappa shape index (κ1) is 21.0. The molecule has 1 amide bonds. The number of para-hydroxylation sites is 2. The molecule has 0 atom stereocenters. The molecule has 0 saturated heterocycles. The summed E-state index contributed by atoms with van der Waals surface area (Å²) < 4.78 is 22.1. The molecule has 0 fully saturated rings. The van der Waals surface area contributed by atoms with Crippen LogP contribution in [0.1, 0.15) is 15.9 Å². The smallest absolute Gasteiger partial charge is 0.259 e. The molecule has 0 unspecified atom stereocenters. The Balaban J connectivity index is 1.67. The predicted octanol–water partition coefficient (Wildman–Crippen LogP) is 4.72. The highest BCUT2D eigenvalue weighted by Gasteiger charge is 2.15. The molecule has 3 aromatic carbocycles. The Labute approximate surface area is 176 Å². The number of nitrogens with one attached hydrogen (secondary N) is 1. The van der Waals surface area contributed by atoms with Gasteiger partial charge in [0.1, 0.15) is 24.7 Å². The van der Waals surface area contributed by atoms with Gasteiger partial charge in [-0.15, -0.1) is 0 Å². The average molecular weight is 407 g/mol. The standard InChI is InChI=1S/C24H25NO5/c1-17-15-22(27-2)23(28-3)16-20(17)25-24(26)19-11-7-8-12-21(19)30-14-13-29-18-9-5-4-6-10-18/h4-12,15-16H,13-14H2,1-3H3,(H,25,26). The zero-order valence-electron chi connectivity index (χ0n) is 17.3. The zero-order chi connectivity index (χ0) is 21.3. The first-order valence-corrected chi connectivity index (χ1v) is 9.56. The number of carbonyl (C=O) groups is 1. The summed E-state index contributed by atoms with van der Waals surface area (Å²) in [7, 11) is 3.13. The number of carbonyl (C=O) groups excluding carboxylic acids is 1. The van der Waals surface area contributed by atoms with Gasteiger partial charge in [0.15, 0.2) is 11.5 Å². The molecule has 0 spiro atoms. The minimum absolute atomic E-state index is 0.273. The molecule has 0 aromatic heterocycles. The van der Waals surface area contributed by atoms with Crippen molar-refractivity contribution in [2.45, 2.75) is 6.92 Å². The summed E-state index contributed by atoms with van der Waals surface area (Å²) in [6, 6.07) is 20.2. The van der Waals surface area contributed by atoms with Crippen molar-refractivity contribution in [3.63, 3.8) is 0 Å². The Bertz CT molecular complexity index is 988. The Morgan fingerprint density at radius 2 is 1.43 bits per heavy atom. The molecule has 0 aliphatic carbocycles. The van der Waals surface area contributed by atoms with Gasteiger partial charge in [-0.2, -0.15) is 0 Å². The van der Waals surface area contributed by atoms with Crippen LogP contribution in [0.3, 0.4) is 0 Å². The number of hydrogen-bond acceptors (Lipinski definition) is 5. The van der Waals surface area contributed by atoms with E-state index in [1.54, 1.807) is 38.5 Å². The van der Waals surface area contributed by atoms with Crippen LogP contribution in [0.4, 0.5) is 5.69 Å². The van der Waals surface area contributed by atoms with Crippen molar-refractivity contribution in [1.82, 2.24) is 0 Å². The van der Waals surface area contributed by atoms with E-state index < -0.39 is 0 Å². The monoisotopic (exact) mass is 407 g/mol. The van der Waals surface area contributed by atoms with Gasteiger partial charge in [0.05, 0.1) is 19.8 Å². The summed E-state index contributed by atoms with van der Waals surface area (Å²) in [5, 5.41) is 2.92. The van der Waals surface area contributed by atoms with Gasteiger partial charge in [-0.1, -0.05) is 30.3 Å². The lowest BCUT2D eigenvalue weighted by Crippen LogP contribution is -2.16. The summed E-state index contributed by atoms with van der Waals surface area (Å²) in [5.74, 6) is 2.14. The van der Waals surface area contributed by atoms with Gasteiger partial charge in [-0.05, 0) is 42.8 Å². The summed E-state index contributed by atoms with van der Waals surface area (Å²) in [6.45, 7) is 2.57. The summed E-state index contributed by atoms with van der Waals surface area (Å²) in [6.07, 6.45) is 0. The Morgan fingerprint density at radius 3 is 2.17 bits per heavy atom. The second kappa shape index (κ2) is 10.2. The fourth-order valence-electron chi connectivity index (χ4n) is 2.91. The fourth-order valence-corrected chi connectivity index (χ4v) is 2.91. The average Bonchev–Trinajstić information content (AvgIpc) is 2.78. The highest BCUT2D eigenvalue weighted by Crippen LogP contribution is 2.33. The SMILES string of the molecule is COc1cc(C)c(NC(=O)c2ccccc2OCCOc2ccccc2)cc1OC. The summed E-state index contributed by atoms with van der Waals surface area (Å²) in [5.41, 5.74) is 1.93. The minimum atomic E-state index is -0.273. The zero-order valence-corrected chi connectivity index (χ0v) is 17.3. The molecule has 0 aliphatic heterocycles. The molecule has 0 bridgehead atoms. The van der Waals surface area contributed by atoms with Crippen molar-refractivity contribution < 1.29 is 23.7 Å². The number of rotatable bonds is 9. The minimum Gasteiger partial charge on any atom is -0.493 e. The third-order valence-corrected chi connectivity index (χ3v) is 4.46. The van der Waals surface area contributed by atoms with Gasteiger partial charge in [0, 0.05) is 11.8 Å². The van der Waals surface area contributed by atoms with Crippen molar-refractivity contribution in [3.05, 3.63) is 77.9 Å². The van der Waals surface area contributed by atoms with Crippen molar-refractivity contribution in [1.29, 1.82) is 0 Å². The third-order valence-electron chi connectivity index (χ3n) is 4.46. The first-order chi connectivity index (χ1) is 14.6. The first-order valence-electron chi connectivity index (χ1n) is 9.56.